The van der Waals surface area contributed by atoms with Crippen LogP contribution in [0.2, 0.25) is 0 Å². The molecule has 0 amide bonds. The smallest absolute Gasteiger partial charge is 0.0535 e. The molecule has 1 atom stereocenters. The lowest BCUT2D eigenvalue weighted by molar-refractivity contribution is 0.203. The summed E-state index contributed by atoms with van der Waals surface area (Å²) >= 11 is 0. The quantitative estimate of drug-likeness (QED) is 0.764. The fraction of sp³-hybridized carbons (Fsp3) is 0.625. The van der Waals surface area contributed by atoms with E-state index in [-0.39, 0.29) is 5.54 Å². The number of rotatable bonds is 8. The van der Waals surface area contributed by atoms with Crippen LogP contribution in [0.1, 0.15) is 45.6 Å². The summed E-state index contributed by atoms with van der Waals surface area (Å²) in [5.74, 6) is 0. The van der Waals surface area contributed by atoms with Crippen molar-refractivity contribution >= 4 is 0 Å². The minimum atomic E-state index is -0.217. The van der Waals surface area contributed by atoms with Gasteiger partial charge in [-0.2, -0.15) is 0 Å². The van der Waals surface area contributed by atoms with Gasteiger partial charge in [-0.3, -0.25) is 0 Å². The molecule has 0 saturated heterocycles. The molecular weight excluding hydrogens is 220 g/mol. The Balaban J connectivity index is 2.80. The first-order valence-electron chi connectivity index (χ1n) is 7.23. The van der Waals surface area contributed by atoms with Crippen LogP contribution in [-0.2, 0) is 5.54 Å². The molecule has 2 N–H and O–H groups in total. The van der Waals surface area contributed by atoms with Gasteiger partial charge in [0.1, 0.15) is 0 Å². The molecule has 1 unspecified atom stereocenters. The van der Waals surface area contributed by atoms with Gasteiger partial charge in [-0.05, 0) is 37.9 Å². The topological polar surface area (TPSA) is 29.3 Å². The number of hydrogen-bond donors (Lipinski definition) is 1. The largest absolute Gasteiger partial charge is 0.320 e. The van der Waals surface area contributed by atoms with Gasteiger partial charge in [0, 0.05) is 6.54 Å². The predicted molar refractivity (Wildman–Crippen MR) is 79.6 cm³/mol. The van der Waals surface area contributed by atoms with Crippen LogP contribution in [-0.4, -0.2) is 24.5 Å². The second-order valence-electron chi connectivity index (χ2n) is 5.15. The molecule has 1 aromatic carbocycles. The van der Waals surface area contributed by atoms with E-state index in [0.29, 0.717) is 0 Å². The molecular formula is C16H28N2. The first-order valence-corrected chi connectivity index (χ1v) is 7.23. The molecule has 1 aromatic rings. The second-order valence-corrected chi connectivity index (χ2v) is 5.15. The average molecular weight is 248 g/mol. The van der Waals surface area contributed by atoms with Crippen LogP contribution >= 0.6 is 0 Å². The molecule has 18 heavy (non-hydrogen) atoms. The summed E-state index contributed by atoms with van der Waals surface area (Å²) in [5, 5.41) is 0. The Kier molecular flexibility index (Phi) is 6.37. The second kappa shape index (κ2) is 7.55. The third-order valence-corrected chi connectivity index (χ3v) is 3.57. The molecule has 102 valence electrons. The highest BCUT2D eigenvalue weighted by molar-refractivity contribution is 5.24. The van der Waals surface area contributed by atoms with Crippen LogP contribution in [0, 0.1) is 0 Å². The molecule has 1 rings (SSSR count). The molecule has 2 nitrogen and oxygen atoms in total. The zero-order valence-electron chi connectivity index (χ0n) is 12.2. The number of benzene rings is 1. The van der Waals surface area contributed by atoms with E-state index in [1.165, 1.54) is 18.4 Å². The van der Waals surface area contributed by atoms with Crippen molar-refractivity contribution in [2.45, 2.75) is 45.6 Å². The highest BCUT2D eigenvalue weighted by Crippen LogP contribution is 2.23. The Morgan fingerprint density at radius 3 is 2.00 bits per heavy atom. The molecule has 0 radical (unpaired) electrons. The van der Waals surface area contributed by atoms with Gasteiger partial charge in [-0.1, -0.05) is 51.1 Å². The summed E-state index contributed by atoms with van der Waals surface area (Å²) in [6.07, 6.45) is 3.35. The lowest BCUT2D eigenvalue weighted by atomic mass is 9.87. The summed E-state index contributed by atoms with van der Waals surface area (Å²) in [4.78, 5) is 2.50. The van der Waals surface area contributed by atoms with Gasteiger partial charge in [0.05, 0.1) is 5.54 Å². The number of nitrogens with two attached hydrogens (primary N) is 1. The SMILES string of the molecule is CCCN(CCC)CC(N)(CC)c1ccccc1. The van der Waals surface area contributed by atoms with Crippen LogP contribution in [0.15, 0.2) is 30.3 Å². The van der Waals surface area contributed by atoms with Crippen molar-refractivity contribution in [1.82, 2.24) is 4.90 Å². The summed E-state index contributed by atoms with van der Waals surface area (Å²) < 4.78 is 0. The predicted octanol–water partition coefficient (Wildman–Crippen LogP) is 3.37. The third kappa shape index (κ3) is 4.11. The van der Waals surface area contributed by atoms with E-state index in [0.717, 1.165) is 26.1 Å². The monoisotopic (exact) mass is 248 g/mol. The number of nitrogens with zero attached hydrogens (tertiary/aromatic N) is 1. The van der Waals surface area contributed by atoms with Crippen LogP contribution in [0.5, 0.6) is 0 Å². The fourth-order valence-electron chi connectivity index (χ4n) is 2.48. The van der Waals surface area contributed by atoms with Crippen LogP contribution in [0.25, 0.3) is 0 Å². The van der Waals surface area contributed by atoms with Crippen LogP contribution in [0.4, 0.5) is 0 Å². The van der Waals surface area contributed by atoms with Crippen molar-refractivity contribution < 1.29 is 0 Å². The Bertz CT molecular complexity index is 317. The maximum absolute atomic E-state index is 6.64. The Hall–Kier alpha value is -0.860. The highest BCUT2D eigenvalue weighted by Gasteiger charge is 2.27. The average Bonchev–Trinajstić information content (AvgIpc) is 2.40. The lowest BCUT2D eigenvalue weighted by Crippen LogP contribution is -2.47. The molecule has 0 aliphatic heterocycles. The van der Waals surface area contributed by atoms with Gasteiger partial charge >= 0.3 is 0 Å². The standard InChI is InChI=1S/C16H28N2/c1-4-12-18(13-5-2)14-16(17,6-3)15-10-8-7-9-11-15/h7-11H,4-6,12-14,17H2,1-3H3. The molecule has 0 fully saturated rings. The van der Waals surface area contributed by atoms with Gasteiger partial charge in [0.2, 0.25) is 0 Å². The summed E-state index contributed by atoms with van der Waals surface area (Å²) in [7, 11) is 0. The van der Waals surface area contributed by atoms with E-state index >= 15 is 0 Å². The third-order valence-electron chi connectivity index (χ3n) is 3.57. The minimum absolute atomic E-state index is 0.217. The summed E-state index contributed by atoms with van der Waals surface area (Å²) in [5.41, 5.74) is 7.68. The Morgan fingerprint density at radius 1 is 1.00 bits per heavy atom. The summed E-state index contributed by atoms with van der Waals surface area (Å²) in [6, 6.07) is 10.5. The van der Waals surface area contributed by atoms with E-state index in [1.807, 2.05) is 0 Å². The fourth-order valence-corrected chi connectivity index (χ4v) is 2.48. The molecule has 2 heteroatoms. The molecule has 0 heterocycles. The van der Waals surface area contributed by atoms with Crippen molar-refractivity contribution in [3.8, 4) is 0 Å². The first-order chi connectivity index (χ1) is 8.66. The zero-order valence-corrected chi connectivity index (χ0v) is 12.2. The van der Waals surface area contributed by atoms with Gasteiger partial charge in [-0.25, -0.2) is 0 Å². The van der Waals surface area contributed by atoms with Gasteiger partial charge < -0.3 is 10.6 Å². The van der Waals surface area contributed by atoms with Crippen LogP contribution in [0.3, 0.4) is 0 Å². The minimum Gasteiger partial charge on any atom is -0.320 e. The molecule has 0 aromatic heterocycles. The van der Waals surface area contributed by atoms with Crippen molar-refractivity contribution in [1.29, 1.82) is 0 Å². The normalized spacial score (nSPS) is 14.7. The Morgan fingerprint density at radius 2 is 1.56 bits per heavy atom. The highest BCUT2D eigenvalue weighted by atomic mass is 15.1. The van der Waals surface area contributed by atoms with Gasteiger partial charge in [-0.15, -0.1) is 0 Å². The molecule has 0 saturated carbocycles. The van der Waals surface area contributed by atoms with Crippen molar-refractivity contribution in [2.75, 3.05) is 19.6 Å². The van der Waals surface area contributed by atoms with Gasteiger partial charge in [0.25, 0.3) is 0 Å². The number of hydrogen-bond acceptors (Lipinski definition) is 2. The van der Waals surface area contributed by atoms with Crippen molar-refractivity contribution in [3.63, 3.8) is 0 Å². The first kappa shape index (κ1) is 15.2. The van der Waals surface area contributed by atoms with E-state index in [9.17, 15) is 0 Å². The maximum Gasteiger partial charge on any atom is 0.0535 e. The van der Waals surface area contributed by atoms with Crippen LogP contribution < -0.4 is 5.73 Å². The Labute approximate surface area is 112 Å². The molecule has 0 aliphatic rings. The van der Waals surface area contributed by atoms with E-state index < -0.39 is 0 Å². The summed E-state index contributed by atoms with van der Waals surface area (Å²) in [6.45, 7) is 9.88. The van der Waals surface area contributed by atoms with Crippen molar-refractivity contribution in [3.05, 3.63) is 35.9 Å². The lowest BCUT2D eigenvalue weighted by Gasteiger charge is -2.35. The molecule has 0 bridgehead atoms. The van der Waals surface area contributed by atoms with E-state index in [1.54, 1.807) is 0 Å². The van der Waals surface area contributed by atoms with Crippen molar-refractivity contribution in [2.24, 2.45) is 5.73 Å². The van der Waals surface area contributed by atoms with Gasteiger partial charge in [0.15, 0.2) is 0 Å². The van der Waals surface area contributed by atoms with E-state index in [2.05, 4.69) is 56.0 Å². The van der Waals surface area contributed by atoms with E-state index in [4.69, 9.17) is 5.73 Å². The molecule has 0 spiro atoms. The zero-order chi connectivity index (χ0) is 13.4. The maximum atomic E-state index is 6.64. The molecule has 0 aliphatic carbocycles.